The molecule has 14 heavy (non-hydrogen) atoms. The summed E-state index contributed by atoms with van der Waals surface area (Å²) in [5.41, 5.74) is 2.29. The van der Waals surface area contributed by atoms with E-state index in [1.807, 2.05) is 0 Å². The molecule has 0 rings (SSSR count). The first-order chi connectivity index (χ1) is 6.67. The van der Waals surface area contributed by atoms with Crippen LogP contribution < -0.4 is 5.48 Å². The molecule has 0 aliphatic carbocycles. The lowest BCUT2D eigenvalue weighted by Gasteiger charge is -2.04. The molecule has 0 aliphatic heterocycles. The summed E-state index contributed by atoms with van der Waals surface area (Å²) in [6, 6.07) is 0. The van der Waals surface area contributed by atoms with Gasteiger partial charge in [-0.15, -0.1) is 0 Å². The standard InChI is InChI=1S/C9H14N2O3/c1-3-10-4-8(6-12)9(5-11-14)7(2)13/h3-5,11-12,14H,6H2,1-2H3/b8-4-,9-5?,10-3?. The lowest BCUT2D eigenvalue weighted by atomic mass is 10.1. The van der Waals surface area contributed by atoms with Gasteiger partial charge in [-0.2, -0.15) is 0 Å². The Balaban J connectivity index is 4.95. The van der Waals surface area contributed by atoms with E-state index in [0.717, 1.165) is 6.20 Å². The van der Waals surface area contributed by atoms with Crippen molar-refractivity contribution >= 4 is 12.0 Å². The molecule has 0 amide bonds. The average Bonchev–Trinajstić information content (AvgIpc) is 2.17. The molecule has 0 spiro atoms. The van der Waals surface area contributed by atoms with Gasteiger partial charge in [-0.05, 0) is 13.8 Å². The van der Waals surface area contributed by atoms with Crippen LogP contribution >= 0.6 is 0 Å². The van der Waals surface area contributed by atoms with E-state index in [0.29, 0.717) is 5.57 Å². The maximum Gasteiger partial charge on any atom is 0.161 e. The van der Waals surface area contributed by atoms with E-state index in [1.165, 1.54) is 19.3 Å². The van der Waals surface area contributed by atoms with Gasteiger partial charge >= 0.3 is 0 Å². The number of carbonyl (C=O) groups excluding carboxylic acids is 1. The van der Waals surface area contributed by atoms with Gasteiger partial charge in [0.1, 0.15) is 0 Å². The lowest BCUT2D eigenvalue weighted by Crippen LogP contribution is -2.08. The van der Waals surface area contributed by atoms with Crippen molar-refractivity contribution in [3.05, 3.63) is 23.5 Å². The number of aliphatic imine (C=N–C) groups is 1. The SMILES string of the molecule is CC=N/C=C(/CO)C(=CNO)C(C)=O. The zero-order valence-electron chi connectivity index (χ0n) is 8.19. The lowest BCUT2D eigenvalue weighted by molar-refractivity contribution is -0.113. The fourth-order valence-electron chi connectivity index (χ4n) is 0.845. The number of nitrogens with one attached hydrogen (secondary N) is 1. The molecule has 0 bridgehead atoms. The minimum atomic E-state index is -0.315. The zero-order valence-corrected chi connectivity index (χ0v) is 8.19. The van der Waals surface area contributed by atoms with E-state index in [4.69, 9.17) is 10.3 Å². The first-order valence-corrected chi connectivity index (χ1v) is 4.06. The fraction of sp³-hybridized carbons (Fsp3) is 0.333. The smallest absolute Gasteiger partial charge is 0.161 e. The van der Waals surface area contributed by atoms with Gasteiger partial charge in [-0.25, -0.2) is 0 Å². The van der Waals surface area contributed by atoms with Crippen LogP contribution in [0.15, 0.2) is 28.5 Å². The highest BCUT2D eigenvalue weighted by Crippen LogP contribution is 2.09. The molecule has 5 heteroatoms. The zero-order chi connectivity index (χ0) is 11.0. The summed E-state index contributed by atoms with van der Waals surface area (Å²) in [4.78, 5) is 14.9. The topological polar surface area (TPSA) is 81.9 Å². The third-order valence-electron chi connectivity index (χ3n) is 1.48. The van der Waals surface area contributed by atoms with Crippen LogP contribution in [0.2, 0.25) is 0 Å². The first-order valence-electron chi connectivity index (χ1n) is 4.06. The minimum Gasteiger partial charge on any atom is -0.392 e. The molecular weight excluding hydrogens is 184 g/mol. The normalized spacial score (nSPS) is 13.4. The Morgan fingerprint density at radius 2 is 2.21 bits per heavy atom. The van der Waals surface area contributed by atoms with Crippen molar-refractivity contribution in [1.82, 2.24) is 5.48 Å². The average molecular weight is 198 g/mol. The Morgan fingerprint density at radius 3 is 2.57 bits per heavy atom. The summed E-state index contributed by atoms with van der Waals surface area (Å²) in [5.74, 6) is -0.266. The molecule has 0 fully saturated rings. The number of hydrogen-bond donors (Lipinski definition) is 3. The van der Waals surface area contributed by atoms with Crippen LogP contribution in [-0.4, -0.2) is 28.9 Å². The van der Waals surface area contributed by atoms with Gasteiger partial charge in [0, 0.05) is 29.8 Å². The minimum absolute atomic E-state index is 0.195. The third-order valence-corrected chi connectivity index (χ3v) is 1.48. The van der Waals surface area contributed by atoms with Crippen LogP contribution in [0.25, 0.3) is 0 Å². The summed E-state index contributed by atoms with van der Waals surface area (Å²) in [6.07, 6.45) is 4.00. The van der Waals surface area contributed by atoms with Crippen molar-refractivity contribution in [1.29, 1.82) is 0 Å². The maximum absolute atomic E-state index is 11.1. The number of carbonyl (C=O) groups is 1. The fourth-order valence-corrected chi connectivity index (χ4v) is 0.845. The number of rotatable bonds is 5. The van der Waals surface area contributed by atoms with E-state index in [9.17, 15) is 4.79 Å². The molecule has 0 aromatic carbocycles. The van der Waals surface area contributed by atoms with E-state index >= 15 is 0 Å². The van der Waals surface area contributed by atoms with Crippen molar-refractivity contribution in [2.24, 2.45) is 4.99 Å². The molecule has 0 saturated carbocycles. The molecule has 78 valence electrons. The van der Waals surface area contributed by atoms with E-state index in [2.05, 4.69) is 4.99 Å². The Labute approximate surface area is 82.4 Å². The molecule has 0 saturated heterocycles. The van der Waals surface area contributed by atoms with Gasteiger partial charge in [0.25, 0.3) is 0 Å². The van der Waals surface area contributed by atoms with Gasteiger partial charge in [0.2, 0.25) is 0 Å². The molecule has 0 aromatic heterocycles. The van der Waals surface area contributed by atoms with E-state index < -0.39 is 0 Å². The molecule has 0 heterocycles. The molecular formula is C9H14N2O3. The molecule has 0 unspecified atom stereocenters. The number of hydrogen-bond acceptors (Lipinski definition) is 5. The number of hydroxylamine groups is 1. The summed E-state index contributed by atoms with van der Waals surface area (Å²) in [6.45, 7) is 2.74. The molecule has 0 aliphatic rings. The molecule has 3 N–H and O–H groups in total. The molecule has 0 aromatic rings. The third kappa shape index (κ3) is 3.97. The Bertz CT molecular complexity index is 280. The Hall–Kier alpha value is -1.46. The van der Waals surface area contributed by atoms with Crippen LogP contribution in [0.3, 0.4) is 0 Å². The van der Waals surface area contributed by atoms with Gasteiger partial charge in [-0.3, -0.25) is 20.5 Å². The van der Waals surface area contributed by atoms with Crippen LogP contribution in [0, 0.1) is 0 Å². The van der Waals surface area contributed by atoms with Crippen LogP contribution in [0.1, 0.15) is 13.8 Å². The summed E-state index contributed by atoms with van der Waals surface area (Å²) >= 11 is 0. The number of ketones is 1. The second kappa shape index (κ2) is 6.99. The Morgan fingerprint density at radius 1 is 1.57 bits per heavy atom. The number of Topliss-reactive ketones (excluding diaryl/α,β-unsaturated/α-hetero) is 1. The summed E-state index contributed by atoms with van der Waals surface area (Å²) in [7, 11) is 0. The first kappa shape index (κ1) is 12.5. The Kier molecular flexibility index (Phi) is 6.26. The van der Waals surface area contributed by atoms with Crippen molar-refractivity contribution in [2.45, 2.75) is 13.8 Å². The van der Waals surface area contributed by atoms with Gasteiger partial charge in [-0.1, -0.05) is 0 Å². The van der Waals surface area contributed by atoms with Crippen molar-refractivity contribution in [3.63, 3.8) is 0 Å². The second-order valence-corrected chi connectivity index (χ2v) is 2.46. The van der Waals surface area contributed by atoms with E-state index in [-0.39, 0.29) is 18.0 Å². The predicted molar refractivity (Wildman–Crippen MR) is 53.0 cm³/mol. The monoisotopic (exact) mass is 198 g/mol. The van der Waals surface area contributed by atoms with Gasteiger partial charge in [0.15, 0.2) is 5.78 Å². The molecule has 0 atom stereocenters. The highest BCUT2D eigenvalue weighted by Gasteiger charge is 2.08. The summed E-state index contributed by atoms with van der Waals surface area (Å²) in [5, 5.41) is 17.4. The van der Waals surface area contributed by atoms with Gasteiger partial charge in [0.05, 0.1) is 6.61 Å². The van der Waals surface area contributed by atoms with Crippen molar-refractivity contribution < 1.29 is 15.1 Å². The van der Waals surface area contributed by atoms with Crippen LogP contribution in [0.4, 0.5) is 0 Å². The molecule has 5 nitrogen and oxygen atoms in total. The largest absolute Gasteiger partial charge is 0.392 e. The highest BCUT2D eigenvalue weighted by molar-refractivity contribution is 5.97. The predicted octanol–water partition coefficient (Wildman–Crippen LogP) is 0.405. The van der Waals surface area contributed by atoms with E-state index in [1.54, 1.807) is 12.4 Å². The summed E-state index contributed by atoms with van der Waals surface area (Å²) < 4.78 is 0. The second-order valence-electron chi connectivity index (χ2n) is 2.46. The quantitative estimate of drug-likeness (QED) is 0.258. The van der Waals surface area contributed by atoms with Crippen LogP contribution in [0.5, 0.6) is 0 Å². The highest BCUT2D eigenvalue weighted by atomic mass is 16.5. The molecule has 0 radical (unpaired) electrons. The number of aliphatic hydroxyl groups excluding tert-OH is 1. The van der Waals surface area contributed by atoms with Crippen LogP contribution in [-0.2, 0) is 4.79 Å². The maximum atomic E-state index is 11.1. The van der Waals surface area contributed by atoms with Crippen molar-refractivity contribution in [2.75, 3.05) is 6.61 Å². The number of nitrogens with zero attached hydrogens (tertiary/aromatic N) is 1. The van der Waals surface area contributed by atoms with Gasteiger partial charge < -0.3 is 5.11 Å². The number of aliphatic hydroxyl groups is 1. The van der Waals surface area contributed by atoms with Crippen molar-refractivity contribution in [3.8, 4) is 0 Å².